The van der Waals surface area contributed by atoms with E-state index >= 15 is 0 Å². The van der Waals surface area contributed by atoms with Gasteiger partial charge in [-0.1, -0.05) is 31.9 Å². The molecule has 0 nitrogen and oxygen atoms in total. The van der Waals surface area contributed by atoms with Gasteiger partial charge in [0, 0.05) is 14.5 Å². The van der Waals surface area contributed by atoms with E-state index in [4.69, 9.17) is 0 Å². The molecule has 1 rings (SSSR count). The zero-order valence-electron chi connectivity index (χ0n) is 13.2. The normalized spacial score (nSPS) is 15.5. The minimum absolute atomic E-state index is 0.0331. The number of hydrogen-bond donors (Lipinski definition) is 0. The third kappa shape index (κ3) is 3.56. The Morgan fingerprint density at radius 1 is 0.500 bits per heavy atom. The van der Waals surface area contributed by atoms with Crippen molar-refractivity contribution in [3.05, 3.63) is 32.7 Å². The zero-order valence-corrected chi connectivity index (χ0v) is 16.3. The topological polar surface area (TPSA) is 0 Å². The Balaban J connectivity index is 3.72. The Bertz CT molecular complexity index is 796. The molecule has 174 valence electrons. The molecule has 0 fully saturated rings. The smallest absolute Gasteiger partial charge is 0.194 e. The Morgan fingerprint density at radius 3 is 1.27 bits per heavy atom. The van der Waals surface area contributed by atoms with Crippen molar-refractivity contribution < 1.29 is 65.9 Å². The minimum atomic E-state index is -8.30. The third-order valence-corrected chi connectivity index (χ3v) is 4.78. The van der Waals surface area contributed by atoms with Gasteiger partial charge in [-0.05, 0) is 18.2 Å². The van der Waals surface area contributed by atoms with Crippen molar-refractivity contribution in [2.75, 3.05) is 0 Å². The molecule has 0 aromatic heterocycles. The molecule has 0 aliphatic heterocycles. The van der Waals surface area contributed by atoms with Gasteiger partial charge in [0.1, 0.15) is 0 Å². The predicted molar refractivity (Wildman–Crippen MR) is 76.5 cm³/mol. The summed E-state index contributed by atoms with van der Waals surface area (Å²) < 4.78 is 196. The summed E-state index contributed by atoms with van der Waals surface area (Å²) in [6.45, 7) is 0. The molecule has 0 aliphatic rings. The molecule has 0 heterocycles. The van der Waals surface area contributed by atoms with Gasteiger partial charge in [0.2, 0.25) is 0 Å². The lowest BCUT2D eigenvalue weighted by molar-refractivity contribution is -0.453. The average molecular weight is 604 g/mol. The Hall–Kier alpha value is -0.870. The number of halogens is 17. The van der Waals surface area contributed by atoms with Gasteiger partial charge in [0.15, 0.2) is 0 Å². The summed E-state index contributed by atoms with van der Waals surface area (Å²) in [5, 5.41) is 0. The van der Waals surface area contributed by atoms with Crippen LogP contribution in [0.15, 0.2) is 27.1 Å². The van der Waals surface area contributed by atoms with Crippen LogP contribution in [0.2, 0.25) is 0 Å². The number of benzene rings is 1. The molecule has 0 saturated heterocycles. The van der Waals surface area contributed by atoms with E-state index < -0.39 is 56.2 Å². The standard InChI is InChI=1S/C13H3Br2F15/c14-4-1-2-6(15)5(3-4)7(16,17)8(18,19)9(20,21)10(22,23)11(24,25)12(26,27)13(28,29)30/h1-3H. The third-order valence-electron chi connectivity index (χ3n) is 3.59. The molecule has 17 heteroatoms. The first-order valence-electron chi connectivity index (χ1n) is 6.70. The fourth-order valence-electron chi connectivity index (χ4n) is 1.87. The van der Waals surface area contributed by atoms with Crippen LogP contribution in [0.1, 0.15) is 5.56 Å². The zero-order chi connectivity index (χ0) is 24.4. The summed E-state index contributed by atoms with van der Waals surface area (Å²) in [6.07, 6.45) is -7.62. The van der Waals surface area contributed by atoms with Gasteiger partial charge in [0.05, 0.1) is 0 Å². The van der Waals surface area contributed by atoms with Crippen LogP contribution >= 0.6 is 31.9 Å². The molecule has 1 aromatic rings. The molecule has 0 unspecified atom stereocenters. The van der Waals surface area contributed by atoms with Crippen molar-refractivity contribution in [2.45, 2.75) is 41.7 Å². The van der Waals surface area contributed by atoms with Gasteiger partial charge in [-0.2, -0.15) is 65.9 Å². The second-order valence-corrected chi connectivity index (χ2v) is 7.34. The highest BCUT2D eigenvalue weighted by atomic mass is 79.9. The lowest BCUT2D eigenvalue weighted by atomic mass is 9.88. The van der Waals surface area contributed by atoms with Crippen LogP contribution < -0.4 is 0 Å². The summed E-state index contributed by atoms with van der Waals surface area (Å²) in [6, 6.07) is 1.33. The molecule has 0 N–H and O–H groups in total. The molecular weight excluding hydrogens is 601 g/mol. The molecule has 30 heavy (non-hydrogen) atoms. The van der Waals surface area contributed by atoms with E-state index in [9.17, 15) is 65.9 Å². The molecule has 0 saturated carbocycles. The van der Waals surface area contributed by atoms with E-state index in [-0.39, 0.29) is 6.07 Å². The monoisotopic (exact) mass is 602 g/mol. The molecule has 0 aliphatic carbocycles. The van der Waals surface area contributed by atoms with Crippen LogP contribution in [0.3, 0.4) is 0 Å². The molecule has 1 aromatic carbocycles. The molecular formula is C13H3Br2F15. The largest absolute Gasteiger partial charge is 0.460 e. The summed E-state index contributed by atoms with van der Waals surface area (Å²) in [4.78, 5) is 0. The average Bonchev–Trinajstić information content (AvgIpc) is 2.54. The van der Waals surface area contributed by atoms with Crippen molar-refractivity contribution in [1.29, 1.82) is 0 Å². The van der Waals surface area contributed by atoms with Crippen LogP contribution in [0.25, 0.3) is 0 Å². The van der Waals surface area contributed by atoms with Gasteiger partial charge >= 0.3 is 41.7 Å². The number of hydrogen-bond acceptors (Lipinski definition) is 0. The van der Waals surface area contributed by atoms with Gasteiger partial charge in [0.25, 0.3) is 0 Å². The SMILES string of the molecule is FC(F)(F)C(F)(F)C(F)(F)C(F)(F)C(F)(F)C(F)(F)C(F)(F)c1cc(Br)ccc1Br. The maximum absolute atomic E-state index is 14.1. The highest BCUT2D eigenvalue weighted by Crippen LogP contribution is 2.64. The quantitative estimate of drug-likeness (QED) is 0.289. The summed E-state index contributed by atoms with van der Waals surface area (Å²) >= 11 is 4.64. The molecule has 0 bridgehead atoms. The second-order valence-electron chi connectivity index (χ2n) is 5.57. The lowest BCUT2D eigenvalue weighted by Gasteiger charge is -2.41. The van der Waals surface area contributed by atoms with Crippen LogP contribution in [-0.2, 0) is 5.92 Å². The van der Waals surface area contributed by atoms with E-state index in [1.165, 1.54) is 0 Å². The van der Waals surface area contributed by atoms with Crippen molar-refractivity contribution in [3.8, 4) is 0 Å². The molecule has 0 amide bonds. The minimum Gasteiger partial charge on any atom is -0.194 e. The first-order valence-corrected chi connectivity index (χ1v) is 8.29. The second kappa shape index (κ2) is 7.33. The summed E-state index contributed by atoms with van der Waals surface area (Å²) in [7, 11) is 0. The van der Waals surface area contributed by atoms with Crippen LogP contribution in [0, 0.1) is 0 Å². The van der Waals surface area contributed by atoms with E-state index in [1.54, 1.807) is 0 Å². The molecule has 0 spiro atoms. The molecule has 0 radical (unpaired) electrons. The van der Waals surface area contributed by atoms with Gasteiger partial charge in [-0.25, -0.2) is 0 Å². The number of rotatable bonds is 6. The maximum atomic E-state index is 14.1. The Labute approximate surface area is 172 Å². The summed E-state index contributed by atoms with van der Waals surface area (Å²) in [5.41, 5.74) is -2.19. The van der Waals surface area contributed by atoms with Crippen molar-refractivity contribution in [1.82, 2.24) is 0 Å². The first-order chi connectivity index (χ1) is 12.9. The van der Waals surface area contributed by atoms with Crippen molar-refractivity contribution in [2.24, 2.45) is 0 Å². The van der Waals surface area contributed by atoms with Gasteiger partial charge in [-0.15, -0.1) is 0 Å². The van der Waals surface area contributed by atoms with Gasteiger partial charge < -0.3 is 0 Å². The van der Waals surface area contributed by atoms with E-state index in [0.29, 0.717) is 6.07 Å². The van der Waals surface area contributed by atoms with Crippen LogP contribution in [-0.4, -0.2) is 35.8 Å². The van der Waals surface area contributed by atoms with Gasteiger partial charge in [-0.3, -0.25) is 0 Å². The van der Waals surface area contributed by atoms with Crippen molar-refractivity contribution >= 4 is 31.9 Å². The number of alkyl halides is 15. The lowest BCUT2D eigenvalue weighted by Crippen LogP contribution is -2.72. The predicted octanol–water partition coefficient (Wildman–Crippen LogP) is 8.04. The van der Waals surface area contributed by atoms with Crippen LogP contribution in [0.4, 0.5) is 65.9 Å². The fourth-order valence-corrected chi connectivity index (χ4v) is 2.73. The highest BCUT2D eigenvalue weighted by molar-refractivity contribution is 9.11. The van der Waals surface area contributed by atoms with Crippen molar-refractivity contribution in [3.63, 3.8) is 0 Å². The van der Waals surface area contributed by atoms with E-state index in [2.05, 4.69) is 31.9 Å². The molecule has 0 atom stereocenters. The van der Waals surface area contributed by atoms with Crippen LogP contribution in [0.5, 0.6) is 0 Å². The Kier molecular flexibility index (Phi) is 6.64. The first kappa shape index (κ1) is 27.2. The fraction of sp³-hybridized carbons (Fsp3) is 0.538. The van der Waals surface area contributed by atoms with E-state index in [1.807, 2.05) is 0 Å². The highest BCUT2D eigenvalue weighted by Gasteiger charge is 2.93. The maximum Gasteiger partial charge on any atom is 0.460 e. The summed E-state index contributed by atoms with van der Waals surface area (Å²) in [5.74, 6) is -46.7. The van der Waals surface area contributed by atoms with E-state index in [0.717, 1.165) is 6.07 Å². The Morgan fingerprint density at radius 2 is 0.867 bits per heavy atom.